The molecule has 5 nitrogen and oxygen atoms in total. The second-order valence-corrected chi connectivity index (χ2v) is 5.26. The minimum Gasteiger partial charge on any atom is -0.453 e. The van der Waals surface area contributed by atoms with Crippen LogP contribution >= 0.6 is 11.6 Å². The SMILES string of the molecule is COC(=O)N1CCC(C(=O)Nc2ccc(F)c(Cl)c2)CC1. The van der Waals surface area contributed by atoms with Crippen molar-refractivity contribution >= 4 is 29.3 Å². The van der Waals surface area contributed by atoms with Crippen LogP contribution in [0.4, 0.5) is 14.9 Å². The number of benzene rings is 1. The highest BCUT2D eigenvalue weighted by atomic mass is 35.5. The Kier molecular flexibility index (Phi) is 5.01. The molecule has 1 aromatic rings. The van der Waals surface area contributed by atoms with Crippen LogP contribution in [0.2, 0.25) is 5.02 Å². The number of hydrogen-bond donors (Lipinski definition) is 1. The molecule has 7 heteroatoms. The summed E-state index contributed by atoms with van der Waals surface area (Å²) in [6.07, 6.45) is 0.755. The molecule has 0 bridgehead atoms. The number of piperidine rings is 1. The number of carbonyl (C=O) groups excluding carboxylic acids is 2. The highest BCUT2D eigenvalue weighted by molar-refractivity contribution is 6.31. The van der Waals surface area contributed by atoms with Crippen LogP contribution in [-0.2, 0) is 9.53 Å². The number of likely N-dealkylation sites (tertiary alicyclic amines) is 1. The van der Waals surface area contributed by atoms with Crippen molar-refractivity contribution in [1.82, 2.24) is 4.90 Å². The van der Waals surface area contributed by atoms with Gasteiger partial charge in [-0.25, -0.2) is 9.18 Å². The number of amides is 2. The van der Waals surface area contributed by atoms with E-state index in [1.165, 1.54) is 25.3 Å². The summed E-state index contributed by atoms with van der Waals surface area (Å²) in [5.74, 6) is -0.863. The Hall–Kier alpha value is -1.82. The minimum atomic E-state index is -0.527. The summed E-state index contributed by atoms with van der Waals surface area (Å²) in [5.41, 5.74) is 0.460. The Morgan fingerprint density at radius 1 is 1.38 bits per heavy atom. The first-order valence-electron chi connectivity index (χ1n) is 6.60. The molecule has 21 heavy (non-hydrogen) atoms. The van der Waals surface area contributed by atoms with E-state index in [1.54, 1.807) is 4.90 Å². The molecule has 0 aromatic heterocycles. The Bertz CT molecular complexity index is 545. The third-order valence-corrected chi connectivity index (χ3v) is 3.78. The van der Waals surface area contributed by atoms with Crippen molar-refractivity contribution in [2.24, 2.45) is 5.92 Å². The van der Waals surface area contributed by atoms with Gasteiger partial charge in [-0.1, -0.05) is 11.6 Å². The van der Waals surface area contributed by atoms with Crippen molar-refractivity contribution in [3.05, 3.63) is 29.0 Å². The molecule has 1 N–H and O–H groups in total. The van der Waals surface area contributed by atoms with Crippen LogP contribution < -0.4 is 5.32 Å². The molecule has 0 saturated carbocycles. The largest absolute Gasteiger partial charge is 0.453 e. The van der Waals surface area contributed by atoms with Crippen LogP contribution in [0, 0.1) is 11.7 Å². The third kappa shape index (κ3) is 3.85. The third-order valence-electron chi connectivity index (χ3n) is 3.49. The summed E-state index contributed by atoms with van der Waals surface area (Å²) in [7, 11) is 1.33. The average molecular weight is 315 g/mol. The van der Waals surface area contributed by atoms with Gasteiger partial charge in [0.25, 0.3) is 0 Å². The van der Waals surface area contributed by atoms with Gasteiger partial charge in [-0.05, 0) is 31.0 Å². The molecule has 0 atom stereocenters. The molecule has 1 heterocycles. The monoisotopic (exact) mass is 314 g/mol. The van der Waals surface area contributed by atoms with E-state index in [4.69, 9.17) is 11.6 Å². The molecule has 2 rings (SSSR count). The van der Waals surface area contributed by atoms with Gasteiger partial charge in [-0.3, -0.25) is 4.79 Å². The fourth-order valence-electron chi connectivity index (χ4n) is 2.27. The normalized spacial score (nSPS) is 15.7. The average Bonchev–Trinajstić information content (AvgIpc) is 2.50. The molecule has 1 aliphatic heterocycles. The first kappa shape index (κ1) is 15.6. The molecule has 1 aliphatic rings. The van der Waals surface area contributed by atoms with E-state index < -0.39 is 5.82 Å². The van der Waals surface area contributed by atoms with E-state index in [0.29, 0.717) is 31.6 Å². The summed E-state index contributed by atoms with van der Waals surface area (Å²) < 4.78 is 17.7. The van der Waals surface area contributed by atoms with Crippen molar-refractivity contribution in [2.45, 2.75) is 12.8 Å². The lowest BCUT2D eigenvalue weighted by Gasteiger charge is -2.30. The maximum atomic E-state index is 13.0. The van der Waals surface area contributed by atoms with Crippen LogP contribution in [0.5, 0.6) is 0 Å². The van der Waals surface area contributed by atoms with Gasteiger partial charge in [0.2, 0.25) is 5.91 Å². The molecule has 1 aromatic carbocycles. The van der Waals surface area contributed by atoms with Gasteiger partial charge in [0.05, 0.1) is 12.1 Å². The number of anilines is 1. The topological polar surface area (TPSA) is 58.6 Å². The highest BCUT2D eigenvalue weighted by Gasteiger charge is 2.27. The maximum Gasteiger partial charge on any atom is 0.409 e. The van der Waals surface area contributed by atoms with Gasteiger partial charge in [0.1, 0.15) is 5.82 Å². The van der Waals surface area contributed by atoms with Crippen molar-refractivity contribution in [3.8, 4) is 0 Å². The molecule has 114 valence electrons. The fraction of sp³-hybridized carbons (Fsp3) is 0.429. The number of nitrogens with zero attached hydrogens (tertiary/aromatic N) is 1. The standard InChI is InChI=1S/C14H16ClFN2O3/c1-21-14(20)18-6-4-9(5-7-18)13(19)17-10-2-3-12(16)11(15)8-10/h2-3,8-9H,4-7H2,1H3,(H,17,19). The summed E-state index contributed by atoms with van der Waals surface area (Å²) >= 11 is 5.67. The van der Waals surface area contributed by atoms with E-state index in [-0.39, 0.29) is 22.9 Å². The second kappa shape index (κ2) is 6.76. The van der Waals surface area contributed by atoms with Crippen LogP contribution in [0.15, 0.2) is 18.2 Å². The second-order valence-electron chi connectivity index (χ2n) is 4.85. The summed E-state index contributed by atoms with van der Waals surface area (Å²) in [6, 6.07) is 4.04. The molecular formula is C14H16ClFN2O3. The van der Waals surface area contributed by atoms with Gasteiger partial charge >= 0.3 is 6.09 Å². The van der Waals surface area contributed by atoms with Gasteiger partial charge in [0, 0.05) is 24.7 Å². The number of rotatable bonds is 2. The van der Waals surface area contributed by atoms with E-state index in [9.17, 15) is 14.0 Å². The first-order valence-corrected chi connectivity index (χ1v) is 6.98. The lowest BCUT2D eigenvalue weighted by Crippen LogP contribution is -2.41. The van der Waals surface area contributed by atoms with Gasteiger partial charge < -0.3 is 15.0 Å². The highest BCUT2D eigenvalue weighted by Crippen LogP contribution is 2.22. The fourth-order valence-corrected chi connectivity index (χ4v) is 2.45. The molecule has 0 spiro atoms. The number of halogens is 2. The Labute approximate surface area is 127 Å². The van der Waals surface area contributed by atoms with E-state index >= 15 is 0 Å². The summed E-state index contributed by atoms with van der Waals surface area (Å²) in [6.45, 7) is 0.962. The number of carbonyl (C=O) groups is 2. The number of methoxy groups -OCH3 is 1. The minimum absolute atomic E-state index is 0.0340. The molecule has 0 aliphatic carbocycles. The van der Waals surface area contributed by atoms with Crippen molar-refractivity contribution in [2.75, 3.05) is 25.5 Å². The van der Waals surface area contributed by atoms with E-state index in [0.717, 1.165) is 0 Å². The lowest BCUT2D eigenvalue weighted by atomic mass is 9.96. The van der Waals surface area contributed by atoms with Gasteiger partial charge in [-0.15, -0.1) is 0 Å². The lowest BCUT2D eigenvalue weighted by molar-refractivity contribution is -0.121. The molecule has 0 unspecified atom stereocenters. The predicted octanol–water partition coefficient (Wildman–Crippen LogP) is 2.90. The number of nitrogens with one attached hydrogen (secondary N) is 1. The van der Waals surface area contributed by atoms with Crippen LogP contribution in [-0.4, -0.2) is 37.1 Å². The number of ether oxygens (including phenoxy) is 1. The maximum absolute atomic E-state index is 13.0. The van der Waals surface area contributed by atoms with Crippen LogP contribution in [0.25, 0.3) is 0 Å². The number of hydrogen-bond acceptors (Lipinski definition) is 3. The van der Waals surface area contributed by atoms with Crippen LogP contribution in [0.3, 0.4) is 0 Å². The zero-order chi connectivity index (χ0) is 15.4. The van der Waals surface area contributed by atoms with Crippen molar-refractivity contribution in [3.63, 3.8) is 0 Å². The van der Waals surface area contributed by atoms with Crippen LogP contribution in [0.1, 0.15) is 12.8 Å². The quantitative estimate of drug-likeness (QED) is 0.913. The Balaban J connectivity index is 1.90. The molecular weight excluding hydrogens is 299 g/mol. The zero-order valence-electron chi connectivity index (χ0n) is 11.6. The smallest absolute Gasteiger partial charge is 0.409 e. The molecule has 1 fully saturated rings. The molecule has 2 amide bonds. The van der Waals surface area contributed by atoms with Gasteiger partial charge in [0.15, 0.2) is 0 Å². The van der Waals surface area contributed by atoms with E-state index in [2.05, 4.69) is 10.1 Å². The Morgan fingerprint density at radius 3 is 2.62 bits per heavy atom. The Morgan fingerprint density at radius 2 is 2.05 bits per heavy atom. The molecule has 0 radical (unpaired) electrons. The summed E-state index contributed by atoms with van der Waals surface area (Å²) in [5, 5.41) is 2.68. The molecule has 1 saturated heterocycles. The summed E-state index contributed by atoms with van der Waals surface area (Å²) in [4.78, 5) is 25.1. The van der Waals surface area contributed by atoms with E-state index in [1.807, 2.05) is 0 Å². The van der Waals surface area contributed by atoms with Gasteiger partial charge in [-0.2, -0.15) is 0 Å². The first-order chi connectivity index (χ1) is 10.0. The predicted molar refractivity (Wildman–Crippen MR) is 76.7 cm³/mol. The zero-order valence-corrected chi connectivity index (χ0v) is 12.3. The van der Waals surface area contributed by atoms with Crippen molar-refractivity contribution in [1.29, 1.82) is 0 Å². The van der Waals surface area contributed by atoms with Crippen molar-refractivity contribution < 1.29 is 18.7 Å².